The highest BCUT2D eigenvalue weighted by molar-refractivity contribution is 5.81. The fourth-order valence-corrected chi connectivity index (χ4v) is 3.42. The van der Waals surface area contributed by atoms with Crippen molar-refractivity contribution in [3.8, 4) is 0 Å². The number of aromatic nitrogens is 4. The van der Waals surface area contributed by atoms with Gasteiger partial charge in [-0.3, -0.25) is 0 Å². The molecule has 0 amide bonds. The molecule has 0 aliphatic carbocycles. The Hall–Kier alpha value is -3.66. The topological polar surface area (TPSA) is 57.4 Å². The van der Waals surface area contributed by atoms with E-state index in [1.807, 2.05) is 36.4 Å². The van der Waals surface area contributed by atoms with E-state index in [-0.39, 0.29) is 0 Å². The molecule has 8 bridgehead atoms. The molecule has 2 aliphatic rings. The van der Waals surface area contributed by atoms with Crippen molar-refractivity contribution < 1.29 is 0 Å². The fourth-order valence-electron chi connectivity index (χ4n) is 3.42. The molecule has 4 heteroatoms. The molecule has 5 rings (SSSR count). The average molecular weight is 364 g/mol. The molecule has 4 nitrogen and oxygen atoms in total. The van der Waals surface area contributed by atoms with E-state index >= 15 is 0 Å². The molecule has 0 aromatic carbocycles. The van der Waals surface area contributed by atoms with Crippen LogP contribution >= 0.6 is 0 Å². The van der Waals surface area contributed by atoms with Gasteiger partial charge in [0.15, 0.2) is 0 Å². The van der Waals surface area contributed by atoms with Gasteiger partial charge in [-0.15, -0.1) is 0 Å². The molecule has 2 aliphatic heterocycles. The van der Waals surface area contributed by atoms with Gasteiger partial charge in [-0.2, -0.15) is 0 Å². The highest BCUT2D eigenvalue weighted by atomic mass is 14.8. The minimum Gasteiger partial charge on any atom is -0.355 e. The number of hydrogen-bond acceptors (Lipinski definition) is 2. The van der Waals surface area contributed by atoms with Gasteiger partial charge in [0.2, 0.25) is 0 Å². The zero-order valence-corrected chi connectivity index (χ0v) is 15.6. The largest absolute Gasteiger partial charge is 0.355 e. The maximum atomic E-state index is 4.72. The lowest BCUT2D eigenvalue weighted by atomic mass is 10.2. The molecular formula is C24H20N4. The van der Waals surface area contributed by atoms with Crippen LogP contribution in [0.25, 0.3) is 52.4 Å². The molecule has 0 unspecified atom stereocenters. The first kappa shape index (κ1) is 16.5. The monoisotopic (exact) mass is 364 g/mol. The number of nitrogens with one attached hydrogen (secondary N) is 2. The van der Waals surface area contributed by atoms with Gasteiger partial charge < -0.3 is 9.97 Å². The third kappa shape index (κ3) is 3.32. The van der Waals surface area contributed by atoms with Crippen molar-refractivity contribution >= 4 is 52.4 Å². The summed E-state index contributed by atoms with van der Waals surface area (Å²) in [6.07, 6.45) is 13.4. The van der Waals surface area contributed by atoms with Crippen molar-refractivity contribution in [3.63, 3.8) is 0 Å². The van der Waals surface area contributed by atoms with E-state index < -0.39 is 0 Å². The molecule has 0 radical (unpaired) electrons. The number of rotatable bonds is 2. The first-order valence-electron chi connectivity index (χ1n) is 9.50. The summed E-state index contributed by atoms with van der Waals surface area (Å²) in [5.41, 5.74) is 9.02. The molecule has 0 atom stereocenters. The van der Waals surface area contributed by atoms with Crippen molar-refractivity contribution in [2.45, 2.75) is 13.3 Å². The Morgan fingerprint density at radius 1 is 0.714 bits per heavy atom. The predicted molar refractivity (Wildman–Crippen MR) is 118 cm³/mol. The summed E-state index contributed by atoms with van der Waals surface area (Å²) >= 11 is 0. The van der Waals surface area contributed by atoms with Crippen molar-refractivity contribution in [2.24, 2.45) is 0 Å². The predicted octanol–water partition coefficient (Wildman–Crippen LogP) is 6.08. The van der Waals surface area contributed by atoms with Crippen LogP contribution < -0.4 is 0 Å². The van der Waals surface area contributed by atoms with Crippen LogP contribution in [0.4, 0.5) is 0 Å². The Morgan fingerprint density at radius 2 is 1.36 bits per heavy atom. The van der Waals surface area contributed by atoms with Gasteiger partial charge in [0.25, 0.3) is 0 Å². The molecule has 0 spiro atoms. The van der Waals surface area contributed by atoms with E-state index in [1.54, 1.807) is 0 Å². The Morgan fingerprint density at radius 3 is 2.07 bits per heavy atom. The first-order valence-corrected chi connectivity index (χ1v) is 9.50. The van der Waals surface area contributed by atoms with E-state index in [0.717, 1.165) is 56.8 Å². The van der Waals surface area contributed by atoms with E-state index in [0.29, 0.717) is 0 Å². The van der Waals surface area contributed by atoms with Crippen LogP contribution in [-0.2, 0) is 0 Å². The minimum absolute atomic E-state index is 0.911. The standard InChI is InChI=1S/C24H20N4/c1-2-3-4-16-11-23-14-21-8-7-19(26-21)12-17-5-6-18(25-17)13-20-9-10-22(27-20)15-24(16)28-23/h3-15,26,28H,2H2,1H3. The normalized spacial score (nSPS) is 12.9. The molecule has 5 heterocycles. The molecule has 3 aromatic rings. The van der Waals surface area contributed by atoms with Gasteiger partial charge in [-0.25, -0.2) is 9.97 Å². The third-order valence-corrected chi connectivity index (χ3v) is 4.73. The quantitative estimate of drug-likeness (QED) is 0.399. The van der Waals surface area contributed by atoms with Crippen LogP contribution in [0.1, 0.15) is 41.7 Å². The number of H-pyrrole nitrogens is 2. The van der Waals surface area contributed by atoms with Crippen LogP contribution in [0, 0.1) is 0 Å². The summed E-state index contributed by atoms with van der Waals surface area (Å²) in [5.74, 6) is 0. The molecule has 0 saturated carbocycles. The van der Waals surface area contributed by atoms with Gasteiger partial charge >= 0.3 is 0 Å². The Kier molecular flexibility index (Phi) is 4.02. The van der Waals surface area contributed by atoms with Crippen molar-refractivity contribution in [3.05, 3.63) is 76.9 Å². The lowest BCUT2D eigenvalue weighted by molar-refractivity contribution is 1.23. The maximum Gasteiger partial charge on any atom is 0.0659 e. The van der Waals surface area contributed by atoms with Crippen molar-refractivity contribution in [1.82, 2.24) is 19.9 Å². The summed E-state index contributed by atoms with van der Waals surface area (Å²) in [5, 5.41) is 0. The van der Waals surface area contributed by atoms with Crippen LogP contribution in [0.3, 0.4) is 0 Å². The smallest absolute Gasteiger partial charge is 0.0659 e. The molecular weight excluding hydrogens is 344 g/mol. The summed E-state index contributed by atoms with van der Waals surface area (Å²) in [7, 11) is 0. The number of nitrogens with zero attached hydrogens (tertiary/aromatic N) is 2. The first-order chi connectivity index (χ1) is 13.7. The highest BCUT2D eigenvalue weighted by Gasteiger charge is 2.04. The second kappa shape index (κ2) is 6.82. The molecule has 0 saturated heterocycles. The zero-order chi connectivity index (χ0) is 18.9. The summed E-state index contributed by atoms with van der Waals surface area (Å²) in [6.45, 7) is 2.14. The number of aromatic amines is 2. The van der Waals surface area contributed by atoms with Gasteiger partial charge in [0.05, 0.1) is 22.8 Å². The summed E-state index contributed by atoms with van der Waals surface area (Å²) in [4.78, 5) is 16.3. The molecule has 3 aromatic heterocycles. The van der Waals surface area contributed by atoms with E-state index in [4.69, 9.17) is 4.98 Å². The molecule has 0 fully saturated rings. The Balaban J connectivity index is 1.83. The van der Waals surface area contributed by atoms with E-state index in [1.165, 1.54) is 0 Å². The van der Waals surface area contributed by atoms with Gasteiger partial charge in [-0.1, -0.05) is 19.1 Å². The second-order valence-electron chi connectivity index (χ2n) is 6.94. The fraction of sp³-hybridized carbons (Fsp3) is 0.0833. The van der Waals surface area contributed by atoms with E-state index in [9.17, 15) is 0 Å². The average Bonchev–Trinajstić information content (AvgIpc) is 3.45. The van der Waals surface area contributed by atoms with Crippen molar-refractivity contribution in [2.75, 3.05) is 0 Å². The number of fused-ring (bicyclic) bond motifs is 8. The lowest BCUT2D eigenvalue weighted by Gasteiger charge is -1.88. The third-order valence-electron chi connectivity index (χ3n) is 4.73. The summed E-state index contributed by atoms with van der Waals surface area (Å²) < 4.78 is 0. The number of allylic oxidation sites excluding steroid dienone is 1. The van der Waals surface area contributed by atoms with Gasteiger partial charge in [-0.05, 0) is 78.8 Å². The molecule has 2 N–H and O–H groups in total. The maximum absolute atomic E-state index is 4.72. The van der Waals surface area contributed by atoms with Crippen molar-refractivity contribution in [1.29, 1.82) is 0 Å². The van der Waals surface area contributed by atoms with Crippen LogP contribution in [0.15, 0.2) is 48.5 Å². The minimum atomic E-state index is 0.911. The SMILES string of the molecule is CCC=Cc1cc2cc3ccc(cc4nc(cc5nc(cc1[nH]2)C=C5)C=C4)[nH]3. The zero-order valence-electron chi connectivity index (χ0n) is 15.6. The summed E-state index contributed by atoms with van der Waals surface area (Å²) in [6, 6.07) is 14.6. The van der Waals surface area contributed by atoms with Gasteiger partial charge in [0.1, 0.15) is 0 Å². The molecule has 28 heavy (non-hydrogen) atoms. The van der Waals surface area contributed by atoms with E-state index in [2.05, 4.69) is 64.4 Å². The molecule has 136 valence electrons. The number of hydrogen-bond donors (Lipinski definition) is 2. The second-order valence-corrected chi connectivity index (χ2v) is 6.94. The van der Waals surface area contributed by atoms with Crippen LogP contribution in [-0.4, -0.2) is 19.9 Å². The van der Waals surface area contributed by atoms with Crippen LogP contribution in [0.2, 0.25) is 0 Å². The Labute approximate surface area is 163 Å². The van der Waals surface area contributed by atoms with Crippen LogP contribution in [0.5, 0.6) is 0 Å². The highest BCUT2D eigenvalue weighted by Crippen LogP contribution is 2.20. The van der Waals surface area contributed by atoms with Gasteiger partial charge in [0, 0.05) is 22.1 Å². The lowest BCUT2D eigenvalue weighted by Crippen LogP contribution is -1.77. The Bertz CT molecular complexity index is 1300.